The topological polar surface area (TPSA) is 61.0 Å². The summed E-state index contributed by atoms with van der Waals surface area (Å²) in [4.78, 5) is 21.2. The summed E-state index contributed by atoms with van der Waals surface area (Å²) in [5.74, 6) is 0.717. The third-order valence-electron chi connectivity index (χ3n) is 4.47. The number of nitrogens with zero attached hydrogens (tertiary/aromatic N) is 2. The molecule has 3 rings (SSSR count). The van der Waals surface area contributed by atoms with Crippen LogP contribution in [0.1, 0.15) is 34.1 Å². The van der Waals surface area contributed by atoms with E-state index in [0.717, 1.165) is 12.2 Å². The van der Waals surface area contributed by atoms with E-state index in [1.807, 2.05) is 6.07 Å². The van der Waals surface area contributed by atoms with Crippen molar-refractivity contribution in [1.29, 1.82) is 0 Å². The molecule has 0 saturated carbocycles. The molecule has 0 atom stereocenters. The SMILES string of the molecule is CCc1[nH]c2ccc(CNc3ccc(C(=O)N(C)C)cn3)cc2c1C. The first-order chi connectivity index (χ1) is 12.0. The standard InChI is InChI=1S/C20H24N4O/c1-5-17-13(2)16-10-14(6-8-18(16)23-17)11-21-19-9-7-15(12-22-19)20(25)24(3)4/h6-10,12,23H,5,11H2,1-4H3,(H,21,22). The second-order valence-electron chi connectivity index (χ2n) is 6.45. The molecule has 0 aliphatic heterocycles. The number of fused-ring (bicyclic) bond motifs is 1. The summed E-state index contributed by atoms with van der Waals surface area (Å²) in [5, 5.41) is 4.59. The Morgan fingerprint density at radius 1 is 1.24 bits per heavy atom. The number of hydrogen-bond donors (Lipinski definition) is 2. The van der Waals surface area contributed by atoms with Gasteiger partial charge in [-0.25, -0.2) is 4.98 Å². The van der Waals surface area contributed by atoms with E-state index in [1.54, 1.807) is 31.3 Å². The highest BCUT2D eigenvalue weighted by Gasteiger charge is 2.09. The first-order valence-corrected chi connectivity index (χ1v) is 8.51. The molecule has 5 nitrogen and oxygen atoms in total. The van der Waals surface area contributed by atoms with Gasteiger partial charge in [-0.2, -0.15) is 0 Å². The molecule has 1 amide bonds. The zero-order chi connectivity index (χ0) is 18.0. The summed E-state index contributed by atoms with van der Waals surface area (Å²) in [7, 11) is 3.47. The van der Waals surface area contributed by atoms with Crippen LogP contribution in [0.3, 0.4) is 0 Å². The molecule has 0 saturated heterocycles. The monoisotopic (exact) mass is 336 g/mol. The number of aromatic nitrogens is 2. The first kappa shape index (κ1) is 17.0. The fraction of sp³-hybridized carbons (Fsp3) is 0.300. The Balaban J connectivity index is 1.72. The van der Waals surface area contributed by atoms with Crippen LogP contribution in [0.25, 0.3) is 10.9 Å². The third kappa shape index (κ3) is 3.50. The Morgan fingerprint density at radius 3 is 2.68 bits per heavy atom. The average molecular weight is 336 g/mol. The summed E-state index contributed by atoms with van der Waals surface area (Å²) in [6, 6.07) is 10.1. The zero-order valence-corrected chi connectivity index (χ0v) is 15.2. The highest BCUT2D eigenvalue weighted by molar-refractivity contribution is 5.93. The number of carbonyl (C=O) groups excluding carboxylic acids is 1. The number of H-pyrrole nitrogens is 1. The lowest BCUT2D eigenvalue weighted by Gasteiger charge is -2.11. The highest BCUT2D eigenvalue weighted by Crippen LogP contribution is 2.23. The van der Waals surface area contributed by atoms with Crippen molar-refractivity contribution >= 4 is 22.6 Å². The number of nitrogens with one attached hydrogen (secondary N) is 2. The van der Waals surface area contributed by atoms with Crippen molar-refractivity contribution in [3.8, 4) is 0 Å². The largest absolute Gasteiger partial charge is 0.366 e. The van der Waals surface area contributed by atoms with Gasteiger partial charge in [-0.3, -0.25) is 4.79 Å². The van der Waals surface area contributed by atoms with Crippen LogP contribution in [-0.4, -0.2) is 34.9 Å². The quantitative estimate of drug-likeness (QED) is 0.746. The second kappa shape index (κ2) is 6.97. The normalized spacial score (nSPS) is 10.9. The van der Waals surface area contributed by atoms with E-state index < -0.39 is 0 Å². The fourth-order valence-electron chi connectivity index (χ4n) is 2.97. The maximum Gasteiger partial charge on any atom is 0.254 e. The average Bonchev–Trinajstić information content (AvgIpc) is 2.95. The van der Waals surface area contributed by atoms with Gasteiger partial charge in [-0.1, -0.05) is 13.0 Å². The van der Waals surface area contributed by atoms with E-state index in [0.29, 0.717) is 12.1 Å². The van der Waals surface area contributed by atoms with Gasteiger partial charge < -0.3 is 15.2 Å². The van der Waals surface area contributed by atoms with Crippen molar-refractivity contribution in [2.24, 2.45) is 0 Å². The van der Waals surface area contributed by atoms with Gasteiger partial charge in [0.1, 0.15) is 5.82 Å². The van der Waals surface area contributed by atoms with Crippen LogP contribution in [0.4, 0.5) is 5.82 Å². The van der Waals surface area contributed by atoms with Crippen molar-refractivity contribution in [3.63, 3.8) is 0 Å². The lowest BCUT2D eigenvalue weighted by Crippen LogP contribution is -2.21. The van der Waals surface area contributed by atoms with Gasteiger partial charge in [-0.05, 0) is 48.7 Å². The molecule has 0 aliphatic carbocycles. The number of anilines is 1. The molecule has 5 heteroatoms. The van der Waals surface area contributed by atoms with Gasteiger partial charge in [0.05, 0.1) is 5.56 Å². The number of carbonyl (C=O) groups is 1. The van der Waals surface area contributed by atoms with E-state index in [9.17, 15) is 4.79 Å². The van der Waals surface area contributed by atoms with Crippen LogP contribution < -0.4 is 5.32 Å². The molecule has 0 radical (unpaired) electrons. The van der Waals surface area contributed by atoms with Crippen molar-refractivity contribution in [1.82, 2.24) is 14.9 Å². The summed E-state index contributed by atoms with van der Waals surface area (Å²) >= 11 is 0. The molecular formula is C20H24N4O. The van der Waals surface area contributed by atoms with Gasteiger partial charge in [-0.15, -0.1) is 0 Å². The van der Waals surface area contributed by atoms with Crippen LogP contribution in [-0.2, 0) is 13.0 Å². The smallest absolute Gasteiger partial charge is 0.254 e. The minimum absolute atomic E-state index is 0.0424. The molecule has 1 aromatic carbocycles. The summed E-state index contributed by atoms with van der Waals surface area (Å²) in [6.45, 7) is 5.02. The van der Waals surface area contributed by atoms with E-state index in [-0.39, 0.29) is 5.91 Å². The number of aromatic amines is 1. The van der Waals surface area contributed by atoms with Crippen molar-refractivity contribution in [3.05, 3.63) is 58.9 Å². The second-order valence-corrected chi connectivity index (χ2v) is 6.45. The van der Waals surface area contributed by atoms with E-state index in [4.69, 9.17) is 0 Å². The molecule has 0 bridgehead atoms. The van der Waals surface area contributed by atoms with E-state index in [2.05, 4.69) is 47.3 Å². The Labute approximate surface area is 148 Å². The van der Waals surface area contributed by atoms with Gasteiger partial charge in [0.2, 0.25) is 0 Å². The highest BCUT2D eigenvalue weighted by atomic mass is 16.2. The number of rotatable bonds is 5. The molecule has 2 aromatic heterocycles. The molecule has 0 fully saturated rings. The molecule has 0 unspecified atom stereocenters. The Bertz CT molecular complexity index is 894. The number of aryl methyl sites for hydroxylation is 2. The van der Waals surface area contributed by atoms with E-state index in [1.165, 1.54) is 27.7 Å². The number of amides is 1. The third-order valence-corrected chi connectivity index (χ3v) is 4.47. The van der Waals surface area contributed by atoms with Gasteiger partial charge in [0.25, 0.3) is 5.91 Å². The van der Waals surface area contributed by atoms with Crippen molar-refractivity contribution < 1.29 is 4.79 Å². The molecule has 2 heterocycles. The van der Waals surface area contributed by atoms with Crippen LogP contribution in [0.5, 0.6) is 0 Å². The lowest BCUT2D eigenvalue weighted by molar-refractivity contribution is 0.0827. The Morgan fingerprint density at radius 2 is 2.04 bits per heavy atom. The van der Waals surface area contributed by atoms with Crippen LogP contribution in [0.15, 0.2) is 36.5 Å². The van der Waals surface area contributed by atoms with Crippen LogP contribution in [0, 0.1) is 6.92 Å². The number of benzene rings is 1. The number of hydrogen-bond acceptors (Lipinski definition) is 3. The van der Waals surface area contributed by atoms with Crippen molar-refractivity contribution in [2.45, 2.75) is 26.8 Å². The van der Waals surface area contributed by atoms with Gasteiger partial charge in [0, 0.05) is 43.4 Å². The minimum Gasteiger partial charge on any atom is -0.366 e. The minimum atomic E-state index is -0.0424. The summed E-state index contributed by atoms with van der Waals surface area (Å²) in [6.07, 6.45) is 2.62. The number of pyridine rings is 1. The summed E-state index contributed by atoms with van der Waals surface area (Å²) < 4.78 is 0. The maximum absolute atomic E-state index is 11.9. The molecule has 3 aromatic rings. The molecular weight excluding hydrogens is 312 g/mol. The molecule has 0 spiro atoms. The molecule has 0 aliphatic rings. The van der Waals surface area contributed by atoms with E-state index >= 15 is 0 Å². The Hall–Kier alpha value is -2.82. The Kier molecular flexibility index (Phi) is 4.74. The lowest BCUT2D eigenvalue weighted by atomic mass is 10.1. The molecule has 25 heavy (non-hydrogen) atoms. The predicted molar refractivity (Wildman–Crippen MR) is 102 cm³/mol. The van der Waals surface area contributed by atoms with Crippen molar-refractivity contribution in [2.75, 3.05) is 19.4 Å². The maximum atomic E-state index is 11.9. The van der Waals surface area contributed by atoms with Gasteiger partial charge >= 0.3 is 0 Å². The molecule has 2 N–H and O–H groups in total. The van der Waals surface area contributed by atoms with Crippen LogP contribution in [0.2, 0.25) is 0 Å². The fourth-order valence-corrected chi connectivity index (χ4v) is 2.97. The summed E-state index contributed by atoms with van der Waals surface area (Å²) in [5.41, 5.74) is 5.59. The first-order valence-electron chi connectivity index (χ1n) is 8.51. The predicted octanol–water partition coefficient (Wildman–Crippen LogP) is 3.75. The van der Waals surface area contributed by atoms with Gasteiger partial charge in [0.15, 0.2) is 0 Å². The molecule has 130 valence electrons. The zero-order valence-electron chi connectivity index (χ0n) is 15.2. The van der Waals surface area contributed by atoms with Crippen LogP contribution >= 0.6 is 0 Å².